The van der Waals surface area contributed by atoms with Gasteiger partial charge in [-0.1, -0.05) is 23.7 Å². The molecule has 0 fully saturated rings. The molecular weight excluding hydrogens is 381 g/mol. The van der Waals surface area contributed by atoms with Gasteiger partial charge in [-0.25, -0.2) is 14.1 Å². The van der Waals surface area contributed by atoms with Crippen molar-refractivity contribution in [2.24, 2.45) is 0 Å². The number of hydrogen-bond acceptors (Lipinski definition) is 4. The summed E-state index contributed by atoms with van der Waals surface area (Å²) in [7, 11) is 0. The number of nitrogens with zero attached hydrogens (tertiary/aromatic N) is 2. The maximum atomic E-state index is 13.3. The van der Waals surface area contributed by atoms with E-state index in [1.165, 1.54) is 28.9 Å². The second-order valence-corrected chi connectivity index (χ2v) is 6.68. The fraction of sp³-hybridized carbons (Fsp3) is 0.0476. The van der Waals surface area contributed by atoms with Crippen molar-refractivity contribution in [3.63, 3.8) is 0 Å². The fourth-order valence-corrected chi connectivity index (χ4v) is 3.01. The molecule has 0 unspecified atom stereocenters. The van der Waals surface area contributed by atoms with Crippen LogP contribution in [0, 0.1) is 5.82 Å². The summed E-state index contributed by atoms with van der Waals surface area (Å²) in [6.07, 6.45) is 0. The Labute approximate surface area is 164 Å². The fourth-order valence-electron chi connectivity index (χ4n) is 2.89. The molecule has 0 spiro atoms. The second-order valence-electron chi connectivity index (χ2n) is 6.25. The summed E-state index contributed by atoms with van der Waals surface area (Å²) in [5.74, 6) is -0.0557. The van der Waals surface area contributed by atoms with Gasteiger partial charge in [-0.2, -0.15) is 0 Å². The highest BCUT2D eigenvalue weighted by Gasteiger charge is 2.14. The van der Waals surface area contributed by atoms with Gasteiger partial charge in [0.2, 0.25) is 0 Å². The third kappa shape index (κ3) is 3.54. The van der Waals surface area contributed by atoms with Gasteiger partial charge in [-0.15, -0.1) is 0 Å². The van der Waals surface area contributed by atoms with E-state index in [0.29, 0.717) is 28.5 Å². The number of phenolic OH excluding ortho intramolecular Hbond substituents is 1. The van der Waals surface area contributed by atoms with Crippen LogP contribution in [0.15, 0.2) is 71.5 Å². The SMILES string of the molecule is O=c1c2cc(O)ccc2nc(-c2ccc(F)cc2)n1NCc1ccc(Cl)cc1. The van der Waals surface area contributed by atoms with Crippen LogP contribution in [-0.4, -0.2) is 14.8 Å². The van der Waals surface area contributed by atoms with E-state index >= 15 is 0 Å². The molecule has 1 aromatic heterocycles. The molecule has 0 atom stereocenters. The molecule has 0 amide bonds. The number of hydrogen-bond donors (Lipinski definition) is 2. The van der Waals surface area contributed by atoms with Crippen molar-refractivity contribution in [1.82, 2.24) is 9.66 Å². The monoisotopic (exact) mass is 395 g/mol. The lowest BCUT2D eigenvalue weighted by molar-refractivity contribution is 0.476. The van der Waals surface area contributed by atoms with E-state index in [2.05, 4.69) is 10.4 Å². The molecule has 0 bridgehead atoms. The minimum absolute atomic E-state index is 0.0230. The van der Waals surface area contributed by atoms with Gasteiger partial charge in [0.15, 0.2) is 5.82 Å². The van der Waals surface area contributed by atoms with Gasteiger partial charge in [-0.05, 0) is 60.2 Å². The molecule has 0 aliphatic heterocycles. The molecule has 0 aliphatic rings. The zero-order chi connectivity index (χ0) is 19.7. The lowest BCUT2D eigenvalue weighted by Gasteiger charge is -2.16. The predicted octanol–water partition coefficient (Wildman–Crippen LogP) is 4.31. The highest BCUT2D eigenvalue weighted by atomic mass is 35.5. The van der Waals surface area contributed by atoms with Crippen LogP contribution in [0.4, 0.5) is 4.39 Å². The molecule has 0 radical (unpaired) electrons. The Hall–Kier alpha value is -3.38. The molecule has 0 saturated heterocycles. The van der Waals surface area contributed by atoms with Crippen LogP contribution in [0.25, 0.3) is 22.3 Å². The minimum atomic E-state index is -0.377. The maximum Gasteiger partial charge on any atom is 0.280 e. The summed E-state index contributed by atoms with van der Waals surface area (Å²) in [5, 5.41) is 10.6. The van der Waals surface area contributed by atoms with Crippen molar-refractivity contribution < 1.29 is 9.50 Å². The first-order valence-electron chi connectivity index (χ1n) is 8.51. The van der Waals surface area contributed by atoms with Gasteiger partial charge in [0.25, 0.3) is 5.56 Å². The van der Waals surface area contributed by atoms with Crippen molar-refractivity contribution in [2.75, 3.05) is 5.43 Å². The Morgan fingerprint density at radius 1 is 1.04 bits per heavy atom. The van der Waals surface area contributed by atoms with Crippen molar-refractivity contribution in [1.29, 1.82) is 0 Å². The molecule has 28 heavy (non-hydrogen) atoms. The Bertz CT molecular complexity index is 1210. The summed E-state index contributed by atoms with van der Waals surface area (Å²) in [5.41, 5.74) is 4.63. The number of fused-ring (bicyclic) bond motifs is 1. The molecule has 4 aromatic rings. The summed E-state index contributed by atoms with van der Waals surface area (Å²) in [6.45, 7) is 0.345. The molecule has 4 rings (SSSR count). The first-order valence-corrected chi connectivity index (χ1v) is 8.89. The van der Waals surface area contributed by atoms with Crippen molar-refractivity contribution >= 4 is 22.5 Å². The number of halogens is 2. The Balaban J connectivity index is 1.84. The van der Waals surface area contributed by atoms with E-state index in [9.17, 15) is 14.3 Å². The zero-order valence-electron chi connectivity index (χ0n) is 14.6. The van der Waals surface area contributed by atoms with Gasteiger partial charge in [0.05, 0.1) is 17.4 Å². The van der Waals surface area contributed by atoms with Crippen LogP contribution in [0.1, 0.15) is 5.56 Å². The zero-order valence-corrected chi connectivity index (χ0v) is 15.3. The number of aromatic nitrogens is 2. The third-order valence-corrected chi connectivity index (χ3v) is 4.56. The molecular formula is C21H15ClFN3O2. The van der Waals surface area contributed by atoms with E-state index in [-0.39, 0.29) is 22.5 Å². The Morgan fingerprint density at radius 2 is 1.75 bits per heavy atom. The van der Waals surface area contributed by atoms with Crippen LogP contribution in [-0.2, 0) is 6.54 Å². The summed E-state index contributed by atoms with van der Waals surface area (Å²) in [6, 6.07) is 17.4. The highest BCUT2D eigenvalue weighted by Crippen LogP contribution is 2.21. The van der Waals surface area contributed by atoms with Crippen molar-refractivity contribution in [2.45, 2.75) is 6.54 Å². The van der Waals surface area contributed by atoms with Gasteiger partial charge >= 0.3 is 0 Å². The quantitative estimate of drug-likeness (QED) is 0.540. The van der Waals surface area contributed by atoms with E-state index < -0.39 is 0 Å². The lowest BCUT2D eigenvalue weighted by Crippen LogP contribution is -2.31. The molecule has 0 aliphatic carbocycles. The van der Waals surface area contributed by atoms with Gasteiger partial charge < -0.3 is 10.5 Å². The largest absolute Gasteiger partial charge is 0.508 e. The Morgan fingerprint density at radius 3 is 2.46 bits per heavy atom. The maximum absolute atomic E-state index is 13.3. The van der Waals surface area contributed by atoms with E-state index in [4.69, 9.17) is 11.6 Å². The standard InChI is InChI=1S/C21H15ClFN3O2/c22-15-5-1-13(2-6-15)12-24-26-20(14-3-7-16(23)8-4-14)25-19-10-9-17(27)11-18(19)21(26)28/h1-11,24,27H,12H2. The van der Waals surface area contributed by atoms with Crippen LogP contribution in [0.2, 0.25) is 5.02 Å². The third-order valence-electron chi connectivity index (χ3n) is 4.31. The summed E-state index contributed by atoms with van der Waals surface area (Å²) in [4.78, 5) is 17.6. The van der Waals surface area contributed by atoms with E-state index in [0.717, 1.165) is 5.56 Å². The molecule has 5 nitrogen and oxygen atoms in total. The highest BCUT2D eigenvalue weighted by molar-refractivity contribution is 6.30. The average molecular weight is 396 g/mol. The number of benzene rings is 3. The number of nitrogens with one attached hydrogen (secondary N) is 1. The van der Waals surface area contributed by atoms with E-state index in [1.807, 2.05) is 12.1 Å². The van der Waals surface area contributed by atoms with Crippen LogP contribution < -0.4 is 11.0 Å². The topological polar surface area (TPSA) is 67.1 Å². The summed E-state index contributed by atoms with van der Waals surface area (Å²) < 4.78 is 14.6. The first-order chi connectivity index (χ1) is 13.5. The van der Waals surface area contributed by atoms with Crippen LogP contribution in [0.3, 0.4) is 0 Å². The van der Waals surface area contributed by atoms with Crippen LogP contribution in [0.5, 0.6) is 5.75 Å². The molecule has 2 N–H and O–H groups in total. The van der Waals surface area contributed by atoms with Crippen molar-refractivity contribution in [3.8, 4) is 17.1 Å². The first kappa shape index (κ1) is 18.0. The molecule has 3 aromatic carbocycles. The molecule has 1 heterocycles. The number of rotatable bonds is 4. The van der Waals surface area contributed by atoms with Crippen LogP contribution >= 0.6 is 11.6 Å². The lowest BCUT2D eigenvalue weighted by atomic mass is 10.2. The van der Waals surface area contributed by atoms with Gasteiger partial charge in [-0.3, -0.25) is 4.79 Å². The molecule has 140 valence electrons. The number of phenols is 1. The average Bonchev–Trinajstić information content (AvgIpc) is 2.69. The van der Waals surface area contributed by atoms with Gasteiger partial charge in [0.1, 0.15) is 11.6 Å². The summed E-state index contributed by atoms with van der Waals surface area (Å²) >= 11 is 5.91. The molecule has 7 heteroatoms. The molecule has 0 saturated carbocycles. The number of aromatic hydroxyl groups is 1. The smallest absolute Gasteiger partial charge is 0.280 e. The second kappa shape index (κ2) is 7.32. The minimum Gasteiger partial charge on any atom is -0.508 e. The van der Waals surface area contributed by atoms with Crippen molar-refractivity contribution in [3.05, 3.63) is 93.5 Å². The Kier molecular flexibility index (Phi) is 4.71. The predicted molar refractivity (Wildman–Crippen MR) is 108 cm³/mol. The normalized spacial score (nSPS) is 10.9. The van der Waals surface area contributed by atoms with E-state index in [1.54, 1.807) is 30.3 Å². The van der Waals surface area contributed by atoms with Gasteiger partial charge in [0, 0.05) is 10.6 Å².